The number of hydrogen-bond donors (Lipinski definition) is 2. The van der Waals surface area contributed by atoms with Crippen LogP contribution >= 0.6 is 0 Å². The van der Waals surface area contributed by atoms with Gasteiger partial charge >= 0.3 is 0 Å². The Hall–Kier alpha value is -1.06. The lowest BCUT2D eigenvalue weighted by molar-refractivity contribution is 0.309. The highest BCUT2D eigenvalue weighted by atomic mass is 16.5. The van der Waals surface area contributed by atoms with E-state index in [9.17, 15) is 0 Å². The second-order valence-electron chi connectivity index (χ2n) is 5.62. The van der Waals surface area contributed by atoms with Gasteiger partial charge < -0.3 is 4.74 Å². The fourth-order valence-electron chi connectivity index (χ4n) is 2.44. The third-order valence-corrected chi connectivity index (χ3v) is 3.67. The molecule has 114 valence electrons. The number of nitrogens with one attached hydrogen (secondary N) is 1. The lowest BCUT2D eigenvalue weighted by Gasteiger charge is -2.20. The maximum Gasteiger partial charge on any atom is 0.119 e. The SMILES string of the molecule is CCCCOc1ccc(C(CC(C)CCC)NN)cc1. The van der Waals surface area contributed by atoms with E-state index in [0.717, 1.165) is 31.6 Å². The first kappa shape index (κ1) is 17.0. The number of hydrazine groups is 1. The Morgan fingerprint density at radius 1 is 1.15 bits per heavy atom. The summed E-state index contributed by atoms with van der Waals surface area (Å²) in [7, 11) is 0. The van der Waals surface area contributed by atoms with E-state index in [2.05, 4.69) is 38.3 Å². The Morgan fingerprint density at radius 3 is 2.40 bits per heavy atom. The second-order valence-corrected chi connectivity index (χ2v) is 5.62. The summed E-state index contributed by atoms with van der Waals surface area (Å²) in [5.74, 6) is 7.33. The van der Waals surface area contributed by atoms with E-state index >= 15 is 0 Å². The molecule has 1 aromatic rings. The van der Waals surface area contributed by atoms with Crippen molar-refractivity contribution in [2.75, 3.05) is 6.61 Å². The molecule has 3 N–H and O–H groups in total. The first-order valence-corrected chi connectivity index (χ1v) is 7.90. The van der Waals surface area contributed by atoms with Crippen LogP contribution in [0.25, 0.3) is 0 Å². The van der Waals surface area contributed by atoms with Crippen molar-refractivity contribution in [2.45, 2.75) is 58.9 Å². The summed E-state index contributed by atoms with van der Waals surface area (Å²) in [4.78, 5) is 0. The standard InChI is InChI=1S/C17H30N2O/c1-4-6-12-20-16-10-8-15(9-11-16)17(19-18)13-14(3)7-5-2/h8-11,14,17,19H,4-7,12-13,18H2,1-3H3. The van der Waals surface area contributed by atoms with Crippen molar-refractivity contribution in [3.8, 4) is 5.75 Å². The molecular weight excluding hydrogens is 248 g/mol. The van der Waals surface area contributed by atoms with Crippen molar-refractivity contribution in [1.29, 1.82) is 0 Å². The van der Waals surface area contributed by atoms with Gasteiger partial charge in [-0.25, -0.2) is 0 Å². The average Bonchev–Trinajstić information content (AvgIpc) is 2.46. The van der Waals surface area contributed by atoms with E-state index in [1.165, 1.54) is 18.4 Å². The van der Waals surface area contributed by atoms with Gasteiger partial charge in [0, 0.05) is 6.04 Å². The van der Waals surface area contributed by atoms with E-state index in [4.69, 9.17) is 10.6 Å². The lowest BCUT2D eigenvalue weighted by atomic mass is 9.93. The summed E-state index contributed by atoms with van der Waals surface area (Å²) < 4.78 is 5.68. The van der Waals surface area contributed by atoms with Gasteiger partial charge in [0.15, 0.2) is 0 Å². The van der Waals surface area contributed by atoms with Gasteiger partial charge in [-0.2, -0.15) is 0 Å². The quantitative estimate of drug-likeness (QED) is 0.383. The van der Waals surface area contributed by atoms with Crippen LogP contribution in [0.15, 0.2) is 24.3 Å². The van der Waals surface area contributed by atoms with Crippen LogP contribution in [-0.2, 0) is 0 Å². The molecule has 2 atom stereocenters. The molecule has 0 saturated carbocycles. The second kappa shape index (κ2) is 9.78. The van der Waals surface area contributed by atoms with Crippen molar-refractivity contribution >= 4 is 0 Å². The van der Waals surface area contributed by atoms with Gasteiger partial charge in [0.25, 0.3) is 0 Å². The fourth-order valence-corrected chi connectivity index (χ4v) is 2.44. The predicted molar refractivity (Wildman–Crippen MR) is 85.6 cm³/mol. The highest BCUT2D eigenvalue weighted by Crippen LogP contribution is 2.25. The highest BCUT2D eigenvalue weighted by molar-refractivity contribution is 5.29. The molecule has 1 aromatic carbocycles. The summed E-state index contributed by atoms with van der Waals surface area (Å²) in [5.41, 5.74) is 4.17. The Morgan fingerprint density at radius 2 is 1.85 bits per heavy atom. The fraction of sp³-hybridized carbons (Fsp3) is 0.647. The average molecular weight is 278 g/mol. The molecule has 0 aliphatic rings. The number of benzene rings is 1. The number of ether oxygens (including phenoxy) is 1. The van der Waals surface area contributed by atoms with Crippen LogP contribution in [0.5, 0.6) is 5.75 Å². The molecule has 0 bridgehead atoms. The first-order valence-electron chi connectivity index (χ1n) is 7.90. The van der Waals surface area contributed by atoms with Crippen molar-refractivity contribution in [3.05, 3.63) is 29.8 Å². The van der Waals surface area contributed by atoms with E-state index in [1.807, 2.05) is 12.1 Å². The van der Waals surface area contributed by atoms with Crippen molar-refractivity contribution in [2.24, 2.45) is 11.8 Å². The van der Waals surface area contributed by atoms with Gasteiger partial charge in [0.2, 0.25) is 0 Å². The largest absolute Gasteiger partial charge is 0.494 e. The molecule has 20 heavy (non-hydrogen) atoms. The van der Waals surface area contributed by atoms with Crippen LogP contribution in [0.4, 0.5) is 0 Å². The van der Waals surface area contributed by atoms with Crippen LogP contribution in [-0.4, -0.2) is 6.61 Å². The maximum absolute atomic E-state index is 5.70. The van der Waals surface area contributed by atoms with E-state index in [0.29, 0.717) is 5.92 Å². The molecule has 0 aliphatic carbocycles. The minimum Gasteiger partial charge on any atom is -0.494 e. The Balaban J connectivity index is 2.55. The molecule has 0 radical (unpaired) electrons. The van der Waals surface area contributed by atoms with Crippen molar-refractivity contribution in [3.63, 3.8) is 0 Å². The van der Waals surface area contributed by atoms with Gasteiger partial charge in [0.05, 0.1) is 6.61 Å². The van der Waals surface area contributed by atoms with E-state index in [-0.39, 0.29) is 6.04 Å². The minimum atomic E-state index is 0.223. The Kier molecular flexibility index (Phi) is 8.31. The van der Waals surface area contributed by atoms with Crippen LogP contribution in [0, 0.1) is 5.92 Å². The monoisotopic (exact) mass is 278 g/mol. The number of nitrogens with two attached hydrogens (primary N) is 1. The molecule has 0 fully saturated rings. The zero-order valence-corrected chi connectivity index (χ0v) is 13.2. The normalized spacial score (nSPS) is 14.0. The summed E-state index contributed by atoms with van der Waals surface area (Å²) in [5, 5.41) is 0. The van der Waals surface area contributed by atoms with Gasteiger partial charge in [0.1, 0.15) is 5.75 Å². The molecule has 0 spiro atoms. The summed E-state index contributed by atoms with van der Waals surface area (Å²) >= 11 is 0. The van der Waals surface area contributed by atoms with Crippen LogP contribution in [0.3, 0.4) is 0 Å². The van der Waals surface area contributed by atoms with Gasteiger partial charge in [-0.1, -0.05) is 52.2 Å². The maximum atomic E-state index is 5.70. The van der Waals surface area contributed by atoms with Crippen LogP contribution in [0.1, 0.15) is 64.5 Å². The predicted octanol–water partition coefficient (Wildman–Crippen LogP) is 4.20. The molecule has 0 aromatic heterocycles. The smallest absolute Gasteiger partial charge is 0.119 e. The lowest BCUT2D eigenvalue weighted by Crippen LogP contribution is -2.29. The van der Waals surface area contributed by atoms with Crippen molar-refractivity contribution < 1.29 is 4.74 Å². The highest BCUT2D eigenvalue weighted by Gasteiger charge is 2.13. The van der Waals surface area contributed by atoms with Gasteiger partial charge in [-0.3, -0.25) is 11.3 Å². The zero-order chi connectivity index (χ0) is 14.8. The molecule has 3 heteroatoms. The molecule has 0 heterocycles. The number of unbranched alkanes of at least 4 members (excludes halogenated alkanes) is 1. The van der Waals surface area contributed by atoms with Crippen LogP contribution < -0.4 is 16.0 Å². The zero-order valence-electron chi connectivity index (χ0n) is 13.2. The molecule has 2 unspecified atom stereocenters. The van der Waals surface area contributed by atoms with E-state index in [1.54, 1.807) is 0 Å². The number of hydrogen-bond acceptors (Lipinski definition) is 3. The first-order chi connectivity index (χ1) is 9.71. The van der Waals surface area contributed by atoms with E-state index < -0.39 is 0 Å². The summed E-state index contributed by atoms with van der Waals surface area (Å²) in [6.07, 6.45) is 5.80. The third kappa shape index (κ3) is 5.93. The molecule has 3 nitrogen and oxygen atoms in total. The third-order valence-electron chi connectivity index (χ3n) is 3.67. The minimum absolute atomic E-state index is 0.223. The molecule has 0 saturated heterocycles. The summed E-state index contributed by atoms with van der Waals surface area (Å²) in [6.45, 7) is 7.48. The van der Waals surface area contributed by atoms with Gasteiger partial charge in [-0.15, -0.1) is 0 Å². The topological polar surface area (TPSA) is 47.3 Å². The number of rotatable bonds is 10. The molecule has 0 amide bonds. The van der Waals surface area contributed by atoms with Crippen molar-refractivity contribution in [1.82, 2.24) is 5.43 Å². The Bertz CT molecular complexity index is 351. The van der Waals surface area contributed by atoms with Gasteiger partial charge in [-0.05, 0) is 36.5 Å². The molecule has 1 rings (SSSR count). The van der Waals surface area contributed by atoms with Crippen LogP contribution in [0.2, 0.25) is 0 Å². The summed E-state index contributed by atoms with van der Waals surface area (Å²) in [6, 6.07) is 8.54. The molecular formula is C17H30N2O. The Labute approximate surface area is 123 Å². The molecule has 0 aliphatic heterocycles.